The fourth-order valence-corrected chi connectivity index (χ4v) is 2.64. The van der Waals surface area contributed by atoms with Gasteiger partial charge in [0.25, 0.3) is 0 Å². The Bertz CT molecular complexity index is 465. The molecule has 102 valence electrons. The molecule has 19 heavy (non-hydrogen) atoms. The lowest BCUT2D eigenvalue weighted by molar-refractivity contribution is 0.288. The molecule has 3 nitrogen and oxygen atoms in total. The molecular formula is C14H17Cl2N3. The van der Waals surface area contributed by atoms with Crippen LogP contribution in [0.2, 0.25) is 10.0 Å². The lowest BCUT2D eigenvalue weighted by Gasteiger charge is -2.35. The Hall–Kier alpha value is -0.920. The summed E-state index contributed by atoms with van der Waals surface area (Å²) in [4.78, 5) is 4.62. The van der Waals surface area contributed by atoms with Crippen LogP contribution in [0.4, 0.5) is 5.69 Å². The predicted molar refractivity (Wildman–Crippen MR) is 81.9 cm³/mol. The van der Waals surface area contributed by atoms with Gasteiger partial charge in [-0.25, -0.2) is 0 Å². The van der Waals surface area contributed by atoms with E-state index in [1.54, 1.807) is 6.07 Å². The summed E-state index contributed by atoms with van der Waals surface area (Å²) >= 11 is 12.1. The number of benzene rings is 1. The summed E-state index contributed by atoms with van der Waals surface area (Å²) in [6.07, 6.45) is 0. The van der Waals surface area contributed by atoms with Crippen LogP contribution in [0, 0.1) is 11.8 Å². The number of halogens is 2. The molecule has 0 saturated carbocycles. The molecule has 2 rings (SSSR count). The first kappa shape index (κ1) is 14.5. The highest BCUT2D eigenvalue weighted by Gasteiger charge is 2.16. The monoisotopic (exact) mass is 297 g/mol. The molecule has 1 saturated heterocycles. The van der Waals surface area contributed by atoms with Gasteiger partial charge in [-0.1, -0.05) is 35.0 Å². The first-order valence-electron chi connectivity index (χ1n) is 6.28. The first-order valence-corrected chi connectivity index (χ1v) is 7.04. The van der Waals surface area contributed by atoms with E-state index in [-0.39, 0.29) is 0 Å². The molecule has 1 aromatic rings. The van der Waals surface area contributed by atoms with E-state index in [1.165, 1.54) is 0 Å². The molecule has 1 heterocycles. The maximum atomic E-state index is 6.03. The van der Waals surface area contributed by atoms with Gasteiger partial charge in [0, 0.05) is 41.9 Å². The van der Waals surface area contributed by atoms with E-state index in [2.05, 4.69) is 21.6 Å². The fourth-order valence-electron chi connectivity index (χ4n) is 2.13. The number of nitrogens with two attached hydrogens (primary N) is 1. The number of hydrogen-bond donors (Lipinski definition) is 1. The SMILES string of the molecule is NCC#CCN1CCN(c2cc(Cl)cc(Cl)c2)CC1. The number of anilines is 1. The molecule has 0 aromatic heterocycles. The molecule has 0 bridgehead atoms. The zero-order chi connectivity index (χ0) is 13.7. The highest BCUT2D eigenvalue weighted by Crippen LogP contribution is 2.26. The molecule has 5 heteroatoms. The second kappa shape index (κ2) is 7.02. The van der Waals surface area contributed by atoms with Gasteiger partial charge in [-0.2, -0.15) is 0 Å². The van der Waals surface area contributed by atoms with E-state index >= 15 is 0 Å². The molecule has 0 radical (unpaired) electrons. The van der Waals surface area contributed by atoms with Gasteiger partial charge in [0.1, 0.15) is 0 Å². The zero-order valence-electron chi connectivity index (χ0n) is 10.7. The van der Waals surface area contributed by atoms with E-state index < -0.39 is 0 Å². The summed E-state index contributed by atoms with van der Waals surface area (Å²) in [7, 11) is 0. The van der Waals surface area contributed by atoms with Crippen molar-refractivity contribution in [3.63, 3.8) is 0 Å². The van der Waals surface area contributed by atoms with Crippen molar-refractivity contribution in [3.05, 3.63) is 28.2 Å². The lowest BCUT2D eigenvalue weighted by atomic mass is 10.2. The van der Waals surface area contributed by atoms with Crippen molar-refractivity contribution in [1.29, 1.82) is 0 Å². The van der Waals surface area contributed by atoms with Crippen LogP contribution in [0.15, 0.2) is 18.2 Å². The van der Waals surface area contributed by atoms with Crippen LogP contribution < -0.4 is 10.6 Å². The molecule has 0 aliphatic carbocycles. The minimum atomic E-state index is 0.432. The van der Waals surface area contributed by atoms with Crippen molar-refractivity contribution in [2.75, 3.05) is 44.2 Å². The van der Waals surface area contributed by atoms with Gasteiger partial charge in [0.05, 0.1) is 13.1 Å². The van der Waals surface area contributed by atoms with E-state index in [0.717, 1.165) is 38.4 Å². The molecule has 1 aromatic carbocycles. The van der Waals surface area contributed by atoms with Crippen LogP contribution in [-0.4, -0.2) is 44.2 Å². The van der Waals surface area contributed by atoms with Crippen molar-refractivity contribution in [3.8, 4) is 11.8 Å². The number of piperazine rings is 1. The van der Waals surface area contributed by atoms with Crippen molar-refractivity contribution >= 4 is 28.9 Å². The summed E-state index contributed by atoms with van der Waals surface area (Å²) in [6.45, 7) is 5.12. The molecular weight excluding hydrogens is 281 g/mol. The van der Waals surface area contributed by atoms with Crippen LogP contribution in [-0.2, 0) is 0 Å². The Balaban J connectivity index is 1.92. The normalized spacial score (nSPS) is 16.1. The second-order valence-electron chi connectivity index (χ2n) is 4.45. The van der Waals surface area contributed by atoms with Crippen molar-refractivity contribution in [2.45, 2.75) is 0 Å². The van der Waals surface area contributed by atoms with Crippen LogP contribution >= 0.6 is 23.2 Å². The van der Waals surface area contributed by atoms with Gasteiger partial charge >= 0.3 is 0 Å². The van der Waals surface area contributed by atoms with E-state index in [1.807, 2.05) is 12.1 Å². The van der Waals surface area contributed by atoms with E-state index in [0.29, 0.717) is 16.6 Å². The molecule has 2 N–H and O–H groups in total. The lowest BCUT2D eigenvalue weighted by Crippen LogP contribution is -2.46. The standard InChI is InChI=1S/C14H17Cl2N3/c15-12-9-13(16)11-14(10-12)19-7-5-18(6-8-19)4-2-1-3-17/h9-11H,3-8,17H2. The second-order valence-corrected chi connectivity index (χ2v) is 5.32. The van der Waals surface area contributed by atoms with Gasteiger partial charge in [-0.15, -0.1) is 0 Å². The van der Waals surface area contributed by atoms with Gasteiger partial charge in [-0.3, -0.25) is 4.90 Å². The Kier molecular flexibility index (Phi) is 5.35. The number of hydrogen-bond acceptors (Lipinski definition) is 3. The van der Waals surface area contributed by atoms with Crippen LogP contribution in [0.3, 0.4) is 0 Å². The third-order valence-corrected chi connectivity index (χ3v) is 3.55. The number of rotatable bonds is 2. The van der Waals surface area contributed by atoms with Gasteiger partial charge in [0.15, 0.2) is 0 Å². The summed E-state index contributed by atoms with van der Waals surface area (Å²) in [6, 6.07) is 5.67. The third kappa shape index (κ3) is 4.29. The summed E-state index contributed by atoms with van der Waals surface area (Å²) in [5.74, 6) is 5.96. The summed E-state index contributed by atoms with van der Waals surface area (Å²) in [5, 5.41) is 1.36. The number of nitrogens with zero attached hydrogens (tertiary/aromatic N) is 2. The molecule has 0 unspecified atom stereocenters. The molecule has 1 aliphatic heterocycles. The van der Waals surface area contributed by atoms with Gasteiger partial charge in [0.2, 0.25) is 0 Å². The highest BCUT2D eigenvalue weighted by molar-refractivity contribution is 6.35. The molecule has 1 fully saturated rings. The van der Waals surface area contributed by atoms with E-state index in [4.69, 9.17) is 28.9 Å². The molecule has 0 atom stereocenters. The maximum absolute atomic E-state index is 6.03. The minimum Gasteiger partial charge on any atom is -0.369 e. The molecule has 1 aliphatic rings. The Morgan fingerprint density at radius 3 is 2.21 bits per heavy atom. The average molecular weight is 298 g/mol. The highest BCUT2D eigenvalue weighted by atomic mass is 35.5. The molecule has 0 amide bonds. The van der Waals surface area contributed by atoms with Gasteiger partial charge < -0.3 is 10.6 Å². The van der Waals surface area contributed by atoms with Crippen molar-refractivity contribution in [2.24, 2.45) is 5.73 Å². The van der Waals surface area contributed by atoms with Gasteiger partial charge in [-0.05, 0) is 18.2 Å². The fraction of sp³-hybridized carbons (Fsp3) is 0.429. The zero-order valence-corrected chi connectivity index (χ0v) is 12.2. The Morgan fingerprint density at radius 1 is 1.00 bits per heavy atom. The van der Waals surface area contributed by atoms with Crippen LogP contribution in [0.1, 0.15) is 0 Å². The topological polar surface area (TPSA) is 32.5 Å². The van der Waals surface area contributed by atoms with Crippen molar-refractivity contribution < 1.29 is 0 Å². The summed E-state index contributed by atoms with van der Waals surface area (Å²) in [5.41, 5.74) is 6.43. The van der Waals surface area contributed by atoms with Crippen molar-refractivity contribution in [1.82, 2.24) is 4.90 Å². The first-order chi connectivity index (χ1) is 9.19. The summed E-state index contributed by atoms with van der Waals surface area (Å²) < 4.78 is 0. The smallest absolute Gasteiger partial charge is 0.0603 e. The quantitative estimate of drug-likeness (QED) is 0.849. The Morgan fingerprint density at radius 2 is 1.63 bits per heavy atom. The minimum absolute atomic E-state index is 0.432. The molecule has 0 spiro atoms. The third-order valence-electron chi connectivity index (χ3n) is 3.11. The Labute approximate surface area is 124 Å². The average Bonchev–Trinajstić information content (AvgIpc) is 2.39. The largest absolute Gasteiger partial charge is 0.369 e. The van der Waals surface area contributed by atoms with E-state index in [9.17, 15) is 0 Å². The van der Waals surface area contributed by atoms with Crippen LogP contribution in [0.5, 0.6) is 0 Å². The van der Waals surface area contributed by atoms with Crippen LogP contribution in [0.25, 0.3) is 0 Å². The maximum Gasteiger partial charge on any atom is 0.0603 e. The predicted octanol–water partition coefficient (Wildman–Crippen LogP) is 2.08.